The van der Waals surface area contributed by atoms with Gasteiger partial charge < -0.3 is 26.0 Å². The van der Waals surface area contributed by atoms with Gasteiger partial charge in [0.25, 0.3) is 5.91 Å². The van der Waals surface area contributed by atoms with Crippen molar-refractivity contribution in [2.45, 2.75) is 49.8 Å². The van der Waals surface area contributed by atoms with Crippen LogP contribution in [-0.4, -0.2) is 60.0 Å². The first kappa shape index (κ1) is 15.2. The van der Waals surface area contributed by atoms with Gasteiger partial charge in [-0.15, -0.1) is 0 Å². The maximum Gasteiger partial charge on any atom is 0.252 e. The topological polar surface area (TPSA) is 148 Å². The van der Waals surface area contributed by atoms with E-state index in [0.29, 0.717) is 11.2 Å². The van der Waals surface area contributed by atoms with E-state index < -0.39 is 30.4 Å². The molecule has 0 radical (unpaired) electrons. The van der Waals surface area contributed by atoms with Crippen LogP contribution in [0.25, 0.3) is 11.2 Å². The fourth-order valence-electron chi connectivity index (χ4n) is 3.00. The van der Waals surface area contributed by atoms with Crippen molar-refractivity contribution in [3.8, 4) is 0 Å². The Hall–Kier alpha value is -2.30. The van der Waals surface area contributed by atoms with Crippen LogP contribution in [0.5, 0.6) is 0 Å². The lowest BCUT2D eigenvalue weighted by molar-refractivity contribution is -0.138. The molecule has 24 heavy (non-hydrogen) atoms. The second-order valence-corrected chi connectivity index (χ2v) is 6.15. The molecule has 2 aromatic rings. The number of nitrogens with one attached hydrogen (secondary N) is 1. The van der Waals surface area contributed by atoms with E-state index in [0.717, 1.165) is 19.3 Å². The average molecular weight is 334 g/mol. The molecule has 1 unspecified atom stereocenters. The van der Waals surface area contributed by atoms with Crippen LogP contribution < -0.4 is 11.1 Å². The number of aliphatic hydroxyl groups excluding tert-OH is 2. The van der Waals surface area contributed by atoms with Crippen molar-refractivity contribution in [2.24, 2.45) is 0 Å². The zero-order valence-corrected chi connectivity index (χ0v) is 12.7. The third kappa shape index (κ3) is 2.30. The van der Waals surface area contributed by atoms with Crippen LogP contribution in [0.3, 0.4) is 0 Å². The number of nitrogens with two attached hydrogens (primary N) is 1. The molecular weight excluding hydrogens is 316 g/mol. The Morgan fingerprint density at radius 3 is 2.79 bits per heavy atom. The van der Waals surface area contributed by atoms with Crippen molar-refractivity contribution >= 4 is 22.9 Å². The number of anilines is 1. The second-order valence-electron chi connectivity index (χ2n) is 6.15. The van der Waals surface area contributed by atoms with Crippen molar-refractivity contribution in [1.29, 1.82) is 0 Å². The van der Waals surface area contributed by atoms with Gasteiger partial charge in [0.05, 0.1) is 6.33 Å². The Labute approximate surface area is 136 Å². The molecule has 2 aliphatic rings. The largest absolute Gasteiger partial charge is 0.387 e. The smallest absolute Gasteiger partial charge is 0.252 e. The van der Waals surface area contributed by atoms with Crippen molar-refractivity contribution in [3.05, 3.63) is 12.7 Å². The highest BCUT2D eigenvalue weighted by atomic mass is 16.6. The summed E-state index contributed by atoms with van der Waals surface area (Å²) < 4.78 is 7.06. The van der Waals surface area contributed by atoms with Crippen LogP contribution in [0.15, 0.2) is 12.7 Å². The van der Waals surface area contributed by atoms with Crippen LogP contribution in [0.4, 0.5) is 5.82 Å². The molecule has 0 spiro atoms. The van der Waals surface area contributed by atoms with E-state index in [9.17, 15) is 15.0 Å². The minimum absolute atomic E-state index is 0.117. The van der Waals surface area contributed by atoms with Gasteiger partial charge in [0.1, 0.15) is 24.1 Å². The molecule has 5 N–H and O–H groups in total. The molecule has 4 rings (SSSR count). The van der Waals surface area contributed by atoms with Crippen molar-refractivity contribution in [2.75, 3.05) is 5.73 Å². The fourth-order valence-corrected chi connectivity index (χ4v) is 3.00. The summed E-state index contributed by atoms with van der Waals surface area (Å²) in [5.74, 6) is -0.224. The molecule has 0 bridgehead atoms. The normalized spacial score (nSPS) is 30.4. The van der Waals surface area contributed by atoms with E-state index in [1.165, 1.54) is 17.2 Å². The molecule has 1 aliphatic carbocycles. The molecule has 1 saturated heterocycles. The van der Waals surface area contributed by atoms with E-state index in [-0.39, 0.29) is 11.9 Å². The molecule has 10 heteroatoms. The molecule has 1 saturated carbocycles. The minimum Gasteiger partial charge on any atom is -0.387 e. The number of hydrogen-bond acceptors (Lipinski definition) is 8. The molecule has 2 aromatic heterocycles. The SMILES string of the molecule is Nc1ncnc2c1ncn2C1O[C@H](C(=O)NC2CCC2)[C@@H](O)[C@H]1O. The lowest BCUT2D eigenvalue weighted by Gasteiger charge is -2.28. The summed E-state index contributed by atoms with van der Waals surface area (Å²) in [4.78, 5) is 24.3. The summed E-state index contributed by atoms with van der Waals surface area (Å²) in [5, 5.41) is 23.3. The second kappa shape index (κ2) is 5.65. The molecule has 4 atom stereocenters. The molecule has 128 valence electrons. The molecular formula is C14H18N6O4. The number of nitrogens with zero attached hydrogens (tertiary/aromatic N) is 4. The summed E-state index contributed by atoms with van der Waals surface area (Å²) in [6, 6.07) is 0.117. The Morgan fingerprint density at radius 1 is 1.29 bits per heavy atom. The number of carbonyl (C=O) groups excluding carboxylic acids is 1. The maximum absolute atomic E-state index is 12.3. The predicted octanol–water partition coefficient (Wildman–Crippen LogP) is -1.30. The Bertz CT molecular complexity index is 776. The third-order valence-corrected chi connectivity index (χ3v) is 4.61. The van der Waals surface area contributed by atoms with Crippen LogP contribution in [0, 0.1) is 0 Å². The number of nitrogen functional groups attached to an aromatic ring is 1. The van der Waals surface area contributed by atoms with Crippen molar-refractivity contribution in [1.82, 2.24) is 24.8 Å². The van der Waals surface area contributed by atoms with Gasteiger partial charge >= 0.3 is 0 Å². The number of ether oxygens (including phenoxy) is 1. The van der Waals surface area contributed by atoms with E-state index in [4.69, 9.17) is 10.5 Å². The third-order valence-electron chi connectivity index (χ3n) is 4.61. The number of aromatic nitrogens is 4. The molecule has 1 aliphatic heterocycles. The number of hydrogen-bond donors (Lipinski definition) is 4. The summed E-state index contributed by atoms with van der Waals surface area (Å²) in [6.07, 6.45) is 0.802. The average Bonchev–Trinajstić information content (AvgIpc) is 3.07. The number of imidazole rings is 1. The zero-order valence-electron chi connectivity index (χ0n) is 12.7. The Kier molecular flexibility index (Phi) is 3.59. The van der Waals surface area contributed by atoms with Gasteiger partial charge in [0, 0.05) is 6.04 Å². The van der Waals surface area contributed by atoms with Gasteiger partial charge in [-0.2, -0.15) is 0 Å². The first-order chi connectivity index (χ1) is 11.6. The van der Waals surface area contributed by atoms with Crippen molar-refractivity contribution < 1.29 is 19.7 Å². The summed E-state index contributed by atoms with van der Waals surface area (Å²) in [7, 11) is 0. The van der Waals surface area contributed by atoms with Crippen molar-refractivity contribution in [3.63, 3.8) is 0 Å². The predicted molar refractivity (Wildman–Crippen MR) is 81.4 cm³/mol. The summed E-state index contributed by atoms with van der Waals surface area (Å²) in [5.41, 5.74) is 6.46. The van der Waals surface area contributed by atoms with Crippen LogP contribution >= 0.6 is 0 Å². The molecule has 0 aromatic carbocycles. The Morgan fingerprint density at radius 2 is 2.08 bits per heavy atom. The van der Waals surface area contributed by atoms with E-state index in [2.05, 4.69) is 20.3 Å². The summed E-state index contributed by atoms with van der Waals surface area (Å²) >= 11 is 0. The molecule has 1 amide bonds. The Balaban J connectivity index is 1.59. The fraction of sp³-hybridized carbons (Fsp3) is 0.571. The standard InChI is InChI=1S/C14H18N6O4/c15-11-7-12(17-4-16-11)20(5-18-7)14-9(22)8(21)10(24-14)13(23)19-6-2-1-3-6/h4-6,8-10,14,21-22H,1-3H2,(H,19,23)(H2,15,16,17)/t8-,9+,10-,14?/m0/s1. The molecule has 10 nitrogen and oxygen atoms in total. The van der Waals surface area contributed by atoms with E-state index in [1.54, 1.807) is 0 Å². The zero-order chi connectivity index (χ0) is 16.8. The lowest BCUT2D eigenvalue weighted by Crippen LogP contribution is -2.48. The lowest BCUT2D eigenvalue weighted by atomic mass is 9.93. The first-order valence-electron chi connectivity index (χ1n) is 7.81. The van der Waals surface area contributed by atoms with Gasteiger partial charge in [-0.25, -0.2) is 15.0 Å². The number of aliphatic hydroxyl groups is 2. The van der Waals surface area contributed by atoms with Crippen LogP contribution in [0.2, 0.25) is 0 Å². The van der Waals surface area contributed by atoms with Gasteiger partial charge in [-0.3, -0.25) is 9.36 Å². The van der Waals surface area contributed by atoms with Crippen LogP contribution in [-0.2, 0) is 9.53 Å². The number of carbonyl (C=O) groups is 1. The van der Waals surface area contributed by atoms with Gasteiger partial charge in [0.15, 0.2) is 23.8 Å². The van der Waals surface area contributed by atoms with E-state index >= 15 is 0 Å². The number of rotatable bonds is 3. The summed E-state index contributed by atoms with van der Waals surface area (Å²) in [6.45, 7) is 0. The maximum atomic E-state index is 12.3. The van der Waals surface area contributed by atoms with Gasteiger partial charge in [0.2, 0.25) is 0 Å². The van der Waals surface area contributed by atoms with Gasteiger partial charge in [-0.05, 0) is 19.3 Å². The quantitative estimate of drug-likeness (QED) is 0.541. The number of amides is 1. The highest BCUT2D eigenvalue weighted by Gasteiger charge is 2.48. The highest BCUT2D eigenvalue weighted by Crippen LogP contribution is 2.32. The monoisotopic (exact) mass is 334 g/mol. The first-order valence-corrected chi connectivity index (χ1v) is 7.81. The van der Waals surface area contributed by atoms with E-state index in [1.807, 2.05) is 0 Å². The molecule has 3 heterocycles. The number of fused-ring (bicyclic) bond motifs is 1. The van der Waals surface area contributed by atoms with Crippen LogP contribution in [0.1, 0.15) is 25.5 Å². The van der Waals surface area contributed by atoms with Gasteiger partial charge in [-0.1, -0.05) is 0 Å². The highest BCUT2D eigenvalue weighted by molar-refractivity contribution is 5.83. The minimum atomic E-state index is -1.34. The molecule has 2 fully saturated rings.